The lowest BCUT2D eigenvalue weighted by Gasteiger charge is -2.04. The minimum atomic E-state index is -1.12. The molecule has 0 bridgehead atoms. The SMILES string of the molecule is CCn1c2ccccc2c2cc(C(=O)O)cc(F)c21. The Morgan fingerprint density at radius 1 is 1.26 bits per heavy atom. The Morgan fingerprint density at radius 2 is 2.00 bits per heavy atom. The lowest BCUT2D eigenvalue weighted by molar-refractivity contribution is 0.0696. The third-order valence-electron chi connectivity index (χ3n) is 3.38. The smallest absolute Gasteiger partial charge is 0.335 e. The van der Waals surface area contributed by atoms with Gasteiger partial charge in [0.05, 0.1) is 11.1 Å². The summed E-state index contributed by atoms with van der Waals surface area (Å²) < 4.78 is 16.1. The van der Waals surface area contributed by atoms with E-state index < -0.39 is 11.8 Å². The van der Waals surface area contributed by atoms with E-state index in [2.05, 4.69) is 0 Å². The molecule has 0 spiro atoms. The van der Waals surface area contributed by atoms with E-state index in [1.807, 2.05) is 35.8 Å². The Hall–Kier alpha value is -2.36. The number of para-hydroxylation sites is 1. The molecule has 3 nitrogen and oxygen atoms in total. The van der Waals surface area contributed by atoms with Gasteiger partial charge < -0.3 is 9.67 Å². The number of rotatable bonds is 2. The topological polar surface area (TPSA) is 42.2 Å². The largest absolute Gasteiger partial charge is 0.478 e. The highest BCUT2D eigenvalue weighted by molar-refractivity contribution is 6.10. The van der Waals surface area contributed by atoms with Gasteiger partial charge in [-0.05, 0) is 25.1 Å². The van der Waals surface area contributed by atoms with Crippen molar-refractivity contribution in [3.05, 3.63) is 47.8 Å². The Labute approximate surface area is 108 Å². The number of fused-ring (bicyclic) bond motifs is 3. The molecule has 0 aliphatic rings. The molecule has 0 fully saturated rings. The maximum Gasteiger partial charge on any atom is 0.335 e. The van der Waals surface area contributed by atoms with E-state index in [9.17, 15) is 9.18 Å². The van der Waals surface area contributed by atoms with Gasteiger partial charge in [0.15, 0.2) is 0 Å². The maximum atomic E-state index is 14.2. The van der Waals surface area contributed by atoms with Gasteiger partial charge in [-0.25, -0.2) is 9.18 Å². The zero-order valence-electron chi connectivity index (χ0n) is 10.4. The molecule has 0 saturated heterocycles. The molecule has 4 heteroatoms. The Balaban J connectivity index is 2.55. The molecule has 2 aromatic carbocycles. The third-order valence-corrected chi connectivity index (χ3v) is 3.38. The number of aromatic carboxylic acids is 1. The predicted octanol–water partition coefficient (Wildman–Crippen LogP) is 3.65. The standard InChI is InChI=1S/C15H12FNO2/c1-2-17-13-6-4-3-5-10(13)11-7-9(15(18)19)8-12(16)14(11)17/h3-8H,2H2,1H3,(H,18,19). The van der Waals surface area contributed by atoms with Crippen molar-refractivity contribution in [1.29, 1.82) is 0 Å². The van der Waals surface area contributed by atoms with E-state index in [1.165, 1.54) is 6.07 Å². The Kier molecular flexibility index (Phi) is 2.52. The number of carboxylic acids is 1. The minimum absolute atomic E-state index is 0.0241. The second-order valence-corrected chi connectivity index (χ2v) is 4.42. The number of aromatic nitrogens is 1. The van der Waals surface area contributed by atoms with Crippen LogP contribution in [-0.4, -0.2) is 15.6 Å². The monoisotopic (exact) mass is 257 g/mol. The molecule has 0 amide bonds. The van der Waals surface area contributed by atoms with Crippen LogP contribution in [-0.2, 0) is 6.54 Å². The summed E-state index contributed by atoms with van der Waals surface area (Å²) in [5.41, 5.74) is 1.36. The van der Waals surface area contributed by atoms with Crippen LogP contribution in [0.1, 0.15) is 17.3 Å². The van der Waals surface area contributed by atoms with Crippen LogP contribution in [0.15, 0.2) is 36.4 Å². The molecule has 0 aliphatic carbocycles. The fraction of sp³-hybridized carbons (Fsp3) is 0.133. The first-order valence-electron chi connectivity index (χ1n) is 6.07. The number of benzene rings is 2. The van der Waals surface area contributed by atoms with Gasteiger partial charge in [-0.2, -0.15) is 0 Å². The summed E-state index contributed by atoms with van der Waals surface area (Å²) in [6.07, 6.45) is 0. The number of halogens is 1. The van der Waals surface area contributed by atoms with Crippen LogP contribution in [0.5, 0.6) is 0 Å². The van der Waals surface area contributed by atoms with Gasteiger partial charge in [0, 0.05) is 22.8 Å². The van der Waals surface area contributed by atoms with Crippen molar-refractivity contribution in [3.8, 4) is 0 Å². The number of hydrogen-bond donors (Lipinski definition) is 1. The molecule has 1 aromatic heterocycles. The van der Waals surface area contributed by atoms with Crippen molar-refractivity contribution in [2.24, 2.45) is 0 Å². The zero-order chi connectivity index (χ0) is 13.6. The van der Waals surface area contributed by atoms with E-state index in [-0.39, 0.29) is 5.56 Å². The summed E-state index contributed by atoms with van der Waals surface area (Å²) in [5.74, 6) is -1.61. The maximum absolute atomic E-state index is 14.2. The lowest BCUT2D eigenvalue weighted by atomic mass is 10.1. The summed E-state index contributed by atoms with van der Waals surface area (Å²) in [6, 6.07) is 10.2. The first-order valence-corrected chi connectivity index (χ1v) is 6.07. The van der Waals surface area contributed by atoms with E-state index in [4.69, 9.17) is 5.11 Å². The summed E-state index contributed by atoms with van der Waals surface area (Å²) in [4.78, 5) is 11.0. The molecule has 0 radical (unpaired) electrons. The van der Waals surface area contributed by atoms with E-state index >= 15 is 0 Å². The van der Waals surface area contributed by atoms with Gasteiger partial charge in [-0.15, -0.1) is 0 Å². The van der Waals surface area contributed by atoms with Crippen molar-refractivity contribution in [1.82, 2.24) is 4.57 Å². The summed E-state index contributed by atoms with van der Waals surface area (Å²) in [5, 5.41) is 10.6. The number of carboxylic acid groups (broad SMARTS) is 1. The first-order chi connectivity index (χ1) is 9.13. The fourth-order valence-electron chi connectivity index (χ4n) is 2.59. The van der Waals surface area contributed by atoms with Crippen LogP contribution in [0.3, 0.4) is 0 Å². The molecule has 1 heterocycles. The highest BCUT2D eigenvalue weighted by atomic mass is 19.1. The van der Waals surface area contributed by atoms with Crippen LogP contribution in [0.2, 0.25) is 0 Å². The molecule has 19 heavy (non-hydrogen) atoms. The molecular weight excluding hydrogens is 245 g/mol. The number of carbonyl (C=O) groups is 1. The highest BCUT2D eigenvalue weighted by Crippen LogP contribution is 2.31. The normalized spacial score (nSPS) is 11.3. The molecule has 0 aliphatic heterocycles. The average Bonchev–Trinajstić information content (AvgIpc) is 2.73. The summed E-state index contributed by atoms with van der Waals surface area (Å²) >= 11 is 0. The zero-order valence-corrected chi connectivity index (χ0v) is 10.4. The predicted molar refractivity (Wildman–Crippen MR) is 72.0 cm³/mol. The number of nitrogens with zero attached hydrogens (tertiary/aromatic N) is 1. The molecule has 3 aromatic rings. The van der Waals surface area contributed by atoms with E-state index in [1.54, 1.807) is 0 Å². The molecular formula is C15H12FNO2. The second kappa shape index (κ2) is 4.09. The van der Waals surface area contributed by atoms with Crippen LogP contribution in [0.4, 0.5) is 4.39 Å². The van der Waals surface area contributed by atoms with Gasteiger partial charge >= 0.3 is 5.97 Å². The summed E-state index contributed by atoms with van der Waals surface area (Å²) in [7, 11) is 0. The molecule has 1 N–H and O–H groups in total. The van der Waals surface area contributed by atoms with Crippen LogP contribution < -0.4 is 0 Å². The average molecular weight is 257 g/mol. The van der Waals surface area contributed by atoms with Gasteiger partial charge in [0.2, 0.25) is 0 Å². The van der Waals surface area contributed by atoms with Crippen LogP contribution in [0.25, 0.3) is 21.8 Å². The summed E-state index contributed by atoms with van der Waals surface area (Å²) in [6.45, 7) is 2.57. The number of aryl methyl sites for hydroxylation is 1. The molecule has 0 unspecified atom stereocenters. The third kappa shape index (κ3) is 1.60. The van der Waals surface area contributed by atoms with Crippen molar-refractivity contribution in [2.75, 3.05) is 0 Å². The molecule has 0 saturated carbocycles. The molecule has 0 atom stereocenters. The van der Waals surface area contributed by atoms with Gasteiger partial charge in [-0.3, -0.25) is 0 Å². The highest BCUT2D eigenvalue weighted by Gasteiger charge is 2.16. The Bertz CT molecular complexity index is 805. The van der Waals surface area contributed by atoms with Crippen molar-refractivity contribution in [2.45, 2.75) is 13.5 Å². The Morgan fingerprint density at radius 3 is 2.68 bits per heavy atom. The van der Waals surface area contributed by atoms with Gasteiger partial charge in [0.1, 0.15) is 5.82 Å². The van der Waals surface area contributed by atoms with Crippen molar-refractivity contribution >= 4 is 27.8 Å². The van der Waals surface area contributed by atoms with Crippen molar-refractivity contribution in [3.63, 3.8) is 0 Å². The quantitative estimate of drug-likeness (QED) is 0.761. The van der Waals surface area contributed by atoms with Gasteiger partial charge in [-0.1, -0.05) is 18.2 Å². The lowest BCUT2D eigenvalue weighted by Crippen LogP contribution is -1.99. The first kappa shape index (κ1) is 11.7. The van der Waals surface area contributed by atoms with E-state index in [0.717, 1.165) is 17.0 Å². The second-order valence-electron chi connectivity index (χ2n) is 4.42. The van der Waals surface area contributed by atoms with Crippen LogP contribution in [0, 0.1) is 5.82 Å². The van der Waals surface area contributed by atoms with E-state index in [0.29, 0.717) is 17.4 Å². The molecule has 96 valence electrons. The van der Waals surface area contributed by atoms with Crippen molar-refractivity contribution < 1.29 is 14.3 Å². The number of hydrogen-bond acceptors (Lipinski definition) is 1. The van der Waals surface area contributed by atoms with Crippen LogP contribution >= 0.6 is 0 Å². The fourth-order valence-corrected chi connectivity index (χ4v) is 2.59. The van der Waals surface area contributed by atoms with Gasteiger partial charge in [0.25, 0.3) is 0 Å². The minimum Gasteiger partial charge on any atom is -0.478 e. The molecule has 3 rings (SSSR count).